The van der Waals surface area contributed by atoms with Gasteiger partial charge in [-0.3, -0.25) is 19.6 Å². The van der Waals surface area contributed by atoms with Crippen molar-refractivity contribution in [2.45, 2.75) is 0 Å². The minimum absolute atomic E-state index is 0. The van der Waals surface area contributed by atoms with Crippen molar-refractivity contribution in [3.8, 4) is 46.3 Å². The van der Waals surface area contributed by atoms with E-state index in [-0.39, 0.29) is 20.4 Å². The molecule has 0 aliphatic carbocycles. The van der Waals surface area contributed by atoms with Crippen LogP contribution in [0.5, 0.6) is 23.0 Å². The molecule has 0 radical (unpaired) electrons. The predicted octanol–water partition coefficient (Wildman–Crippen LogP) is 21.5. The Bertz CT molecular complexity index is 6290. The van der Waals surface area contributed by atoms with Gasteiger partial charge >= 0.3 is 7.12 Å². The number of nitrogens with two attached hydrogens (primary N) is 2. The molecule has 0 bridgehead atoms. The van der Waals surface area contributed by atoms with Crippen LogP contribution < -0.4 is 90.1 Å². The van der Waals surface area contributed by atoms with Crippen molar-refractivity contribution < 1.29 is 49.5 Å². The molecule has 0 aliphatic heterocycles. The van der Waals surface area contributed by atoms with Gasteiger partial charge in [0.25, 0.3) is 11.8 Å². The van der Waals surface area contributed by atoms with Gasteiger partial charge in [0, 0.05) is 47.2 Å². The maximum atomic E-state index is 11.4. The smallest absolute Gasteiger partial charge is 0.455 e. The van der Waals surface area contributed by atoms with Gasteiger partial charge in [-0.25, -0.2) is 0 Å². The molecule has 0 saturated carbocycles. The number of carbonyl (C=O) groups is 2. The Labute approximate surface area is 828 Å². The van der Waals surface area contributed by atoms with Crippen LogP contribution >= 0.6 is 77.0 Å². The Kier molecular flexibility index (Phi) is 38.2. The van der Waals surface area contributed by atoms with E-state index in [0.29, 0.717) is 43.6 Å². The second-order valence-corrected chi connectivity index (χ2v) is 41.7. The molecular formula is C114H88BIN6O6P4PdS2. The van der Waals surface area contributed by atoms with Gasteiger partial charge in [0.05, 0.1) is 54.8 Å². The first-order valence-electron chi connectivity index (χ1n) is 42.5. The summed E-state index contributed by atoms with van der Waals surface area (Å²) in [7, 11) is -3.28. The molecule has 135 heavy (non-hydrogen) atoms. The standard InChI is InChI=1S/C21H13N3O2S.4C18H15P.C14H9IN2O2S.C7H6BNO2.Pd/c22-10-13-2-1-3-15(8-13)14-4-6-16(7-5-14)26-18-11-24-12-20-17(18)9-19(27-20)21(23)25;4*1-4-10-16(11-5-1)19(17-12-6-2-7-13-17)18-14-8-3-9-15-18;15-8-1-3-9(4-2-8)19-11-6-17-7-13-10(11)5-12(20-13)14(16)18;9-5-6-2-1-3-7(4-6)8(10)11;/h1-9,11-12H,(H2,23,25);4*1-15H;1-7H,(H2,16,18);1-4,10-11H;. The molecular weight excluding hydrogens is 1980 g/mol. The van der Waals surface area contributed by atoms with Crippen LogP contribution in [0.25, 0.3) is 31.3 Å². The summed E-state index contributed by atoms with van der Waals surface area (Å²) in [6.45, 7) is 0. The summed E-state index contributed by atoms with van der Waals surface area (Å²) in [5.41, 5.74) is 14.0. The number of fused-ring (bicyclic) bond motifs is 2. The minimum Gasteiger partial charge on any atom is -0.455 e. The number of nitrogens with zero attached hydrogens (tertiary/aromatic N) is 4. The maximum absolute atomic E-state index is 11.4. The Morgan fingerprint density at radius 2 is 0.548 bits per heavy atom. The number of primary amides is 2. The topological polar surface area (TPSA) is 218 Å². The molecule has 662 valence electrons. The number of carbonyl (C=O) groups excluding carboxylic acids is 2. The van der Waals surface area contributed by atoms with Crippen LogP contribution in [-0.4, -0.2) is 38.9 Å². The van der Waals surface area contributed by atoms with E-state index in [1.165, 1.54) is 92.4 Å². The molecule has 0 aliphatic rings. The molecule has 16 aromatic carbocycles. The summed E-state index contributed by atoms with van der Waals surface area (Å²) in [5, 5.41) is 53.3. The number of pyridine rings is 2. The molecule has 12 nitrogen and oxygen atoms in total. The van der Waals surface area contributed by atoms with Crippen molar-refractivity contribution in [3.63, 3.8) is 0 Å². The van der Waals surface area contributed by atoms with E-state index in [4.69, 9.17) is 41.5 Å². The maximum Gasteiger partial charge on any atom is 0.488 e. The van der Waals surface area contributed by atoms with E-state index in [0.717, 1.165) is 40.6 Å². The quantitative estimate of drug-likeness (QED) is 0.0321. The summed E-state index contributed by atoms with van der Waals surface area (Å²) < 4.78 is 14.6. The first-order chi connectivity index (χ1) is 65.8. The number of amides is 2. The van der Waals surface area contributed by atoms with Crippen molar-refractivity contribution in [1.82, 2.24) is 9.97 Å². The van der Waals surface area contributed by atoms with Gasteiger partial charge in [-0.2, -0.15) is 10.5 Å². The average molecular weight is 2070 g/mol. The summed E-state index contributed by atoms with van der Waals surface area (Å²) in [6.07, 6.45) is 6.64. The van der Waals surface area contributed by atoms with Gasteiger partial charge in [0.15, 0.2) is 11.5 Å². The number of hydrogen-bond donors (Lipinski definition) is 4. The van der Waals surface area contributed by atoms with Crippen LogP contribution in [0.15, 0.2) is 498 Å². The number of ether oxygens (including phenoxy) is 2. The van der Waals surface area contributed by atoms with Crippen molar-refractivity contribution in [1.29, 1.82) is 10.5 Å². The fraction of sp³-hybridized carbons (Fsp3) is 0. The van der Waals surface area contributed by atoms with Crippen LogP contribution in [0.2, 0.25) is 0 Å². The third-order valence-corrected chi connectivity index (χ3v) is 32.9. The van der Waals surface area contributed by atoms with Gasteiger partial charge in [0.2, 0.25) is 0 Å². The number of halogens is 1. The second kappa shape index (κ2) is 52.1. The predicted molar refractivity (Wildman–Crippen MR) is 574 cm³/mol. The Hall–Kier alpha value is -13.6. The zero-order valence-electron chi connectivity index (χ0n) is 72.7. The number of thiophene rings is 2. The Morgan fingerprint density at radius 1 is 0.304 bits per heavy atom. The minimum atomic E-state index is -1.50. The molecule has 0 fully saturated rings. The Balaban J connectivity index is 0.000000135. The van der Waals surface area contributed by atoms with Crippen LogP contribution in [0.1, 0.15) is 30.5 Å². The molecule has 0 atom stereocenters. The summed E-state index contributed by atoms with van der Waals surface area (Å²) >= 11 is 4.84. The summed E-state index contributed by atoms with van der Waals surface area (Å²) in [5.74, 6) is 1.66. The third-order valence-electron chi connectivity index (χ3n) is 20.2. The zero-order valence-corrected chi connectivity index (χ0v) is 81.6. The monoisotopic (exact) mass is 2070 g/mol. The van der Waals surface area contributed by atoms with Gasteiger partial charge < -0.3 is 31.0 Å². The largest absolute Gasteiger partial charge is 0.488 e. The molecule has 0 unspecified atom stereocenters. The molecule has 4 aromatic heterocycles. The number of hydrogen-bond acceptors (Lipinski definition) is 12. The van der Waals surface area contributed by atoms with Crippen molar-refractivity contribution in [2.24, 2.45) is 11.5 Å². The molecule has 6 N–H and O–H groups in total. The number of rotatable bonds is 20. The first-order valence-corrected chi connectivity index (χ1v) is 50.6. The first kappa shape index (κ1) is 98.9. The molecule has 20 aromatic rings. The van der Waals surface area contributed by atoms with Crippen molar-refractivity contribution >= 4 is 185 Å². The molecule has 21 heteroatoms. The van der Waals surface area contributed by atoms with Crippen LogP contribution in [-0.2, 0) is 20.4 Å². The molecule has 2 amide bonds. The Morgan fingerprint density at radius 3 is 0.793 bits per heavy atom. The number of nitriles is 2. The SMILES string of the molecule is N#Cc1cccc(-c2ccc(Oc3cncc4sc(C(N)=O)cc34)cc2)c1.N#Cc1cccc(B(O)O)c1.NC(=O)c1cc2c(Oc3ccc(I)cc3)cncc2s1.[Pd].c1ccc(P(c2ccccc2)c2ccccc2)cc1.c1ccc(P(c2ccccc2)c2ccccc2)cc1.c1ccc(P(c2ccccc2)c2ccccc2)cc1.c1ccc(P(c2ccccc2)c2ccccc2)cc1. The fourth-order valence-electron chi connectivity index (χ4n) is 14.0. The molecule has 0 spiro atoms. The van der Waals surface area contributed by atoms with Gasteiger partial charge in [-0.1, -0.05) is 400 Å². The van der Waals surface area contributed by atoms with E-state index in [2.05, 4.69) is 403 Å². The zero-order chi connectivity index (χ0) is 92.8. The van der Waals surface area contributed by atoms with E-state index in [1.807, 2.05) is 72.8 Å². The number of aromatic nitrogens is 2. The van der Waals surface area contributed by atoms with Crippen molar-refractivity contribution in [2.75, 3.05) is 0 Å². The number of benzene rings is 16. The normalized spacial score (nSPS) is 10.3. The molecule has 0 saturated heterocycles. The molecule has 20 rings (SSSR count). The van der Waals surface area contributed by atoms with Crippen LogP contribution in [0.4, 0.5) is 0 Å². The van der Waals surface area contributed by atoms with E-state index in [9.17, 15) is 9.59 Å². The van der Waals surface area contributed by atoms with E-state index >= 15 is 0 Å². The van der Waals surface area contributed by atoms with Gasteiger partial charge in [0.1, 0.15) is 11.5 Å². The van der Waals surface area contributed by atoms with E-state index < -0.39 is 50.6 Å². The van der Waals surface area contributed by atoms with Crippen molar-refractivity contribution in [3.05, 3.63) is 522 Å². The van der Waals surface area contributed by atoms with Crippen LogP contribution in [0, 0.1) is 26.2 Å². The van der Waals surface area contributed by atoms with Crippen LogP contribution in [0.3, 0.4) is 0 Å². The van der Waals surface area contributed by atoms with E-state index in [1.54, 1.807) is 61.2 Å². The average Bonchev–Trinajstić information content (AvgIpc) is 1.38. The summed E-state index contributed by atoms with van der Waals surface area (Å²) in [4.78, 5) is 31.9. The van der Waals surface area contributed by atoms with Gasteiger partial charge in [-0.15, -0.1) is 22.7 Å². The summed E-state index contributed by atoms with van der Waals surface area (Å²) in [6, 6.07) is 166. The fourth-order valence-corrected chi connectivity index (χ4v) is 25.4. The third kappa shape index (κ3) is 28.7. The molecule has 4 heterocycles. The van der Waals surface area contributed by atoms with Gasteiger partial charge in [-0.05, 0) is 207 Å². The second-order valence-electron chi connectivity index (χ2n) is 29.4.